The molecule has 8 nitrogen and oxygen atoms in total. The summed E-state index contributed by atoms with van der Waals surface area (Å²) in [5.74, 6) is 0.338. The first-order valence-electron chi connectivity index (χ1n) is 12.6. The number of hydrogen-bond acceptors (Lipinski definition) is 4. The van der Waals surface area contributed by atoms with Gasteiger partial charge in [0.1, 0.15) is 18.5 Å². The van der Waals surface area contributed by atoms with Crippen molar-refractivity contribution in [3.05, 3.63) is 95.3 Å². The summed E-state index contributed by atoms with van der Waals surface area (Å²) in [7, 11) is 0. The van der Waals surface area contributed by atoms with E-state index in [-0.39, 0.29) is 24.3 Å². The molecule has 0 spiro atoms. The summed E-state index contributed by atoms with van der Waals surface area (Å²) in [4.78, 5) is 50.6. The lowest BCUT2D eigenvalue weighted by atomic mass is 10.0. The van der Waals surface area contributed by atoms with Crippen LogP contribution in [-0.2, 0) is 11.2 Å². The minimum Gasteiger partial charge on any atom is -0.355 e. The van der Waals surface area contributed by atoms with E-state index in [1.54, 1.807) is 29.2 Å². The Hall–Kier alpha value is -4.46. The minimum absolute atomic E-state index is 0.116. The van der Waals surface area contributed by atoms with Crippen molar-refractivity contribution < 1.29 is 14.4 Å². The monoisotopic (exact) mass is 493 g/mol. The van der Waals surface area contributed by atoms with E-state index in [0.717, 1.165) is 48.1 Å². The van der Waals surface area contributed by atoms with Crippen molar-refractivity contribution in [3.63, 3.8) is 0 Å². The van der Waals surface area contributed by atoms with E-state index in [9.17, 15) is 14.4 Å². The molecule has 4 aromatic rings. The molecule has 2 N–H and O–H groups in total. The SMILES string of the molecule is O=C(CN1C(=O)c2ccccc2N2C(=O)c3ccccc3C12)NCCCCCc1nc2ccccc2[nH]1. The number of rotatable bonds is 8. The number of aromatic amines is 1. The molecule has 0 saturated heterocycles. The first kappa shape index (κ1) is 23.0. The number of hydrogen-bond donors (Lipinski definition) is 2. The van der Waals surface area contributed by atoms with Gasteiger partial charge in [-0.05, 0) is 43.2 Å². The van der Waals surface area contributed by atoms with Crippen LogP contribution in [0.5, 0.6) is 0 Å². The highest BCUT2D eigenvalue weighted by molar-refractivity contribution is 6.17. The van der Waals surface area contributed by atoms with Gasteiger partial charge in [0, 0.05) is 24.1 Å². The van der Waals surface area contributed by atoms with Crippen LogP contribution in [0.4, 0.5) is 5.69 Å². The normalized spacial score (nSPS) is 16.1. The molecule has 1 aromatic heterocycles. The van der Waals surface area contributed by atoms with Gasteiger partial charge >= 0.3 is 0 Å². The second-order valence-corrected chi connectivity index (χ2v) is 9.45. The van der Waals surface area contributed by atoms with Crippen molar-refractivity contribution in [2.24, 2.45) is 0 Å². The van der Waals surface area contributed by atoms with Gasteiger partial charge in [0.15, 0.2) is 0 Å². The number of anilines is 1. The molecule has 8 heteroatoms. The van der Waals surface area contributed by atoms with E-state index in [1.807, 2.05) is 48.5 Å². The van der Waals surface area contributed by atoms with Crippen LogP contribution < -0.4 is 10.2 Å². The molecule has 0 saturated carbocycles. The second-order valence-electron chi connectivity index (χ2n) is 9.45. The number of nitrogens with one attached hydrogen (secondary N) is 2. The zero-order valence-electron chi connectivity index (χ0n) is 20.3. The second kappa shape index (κ2) is 9.54. The van der Waals surface area contributed by atoms with Gasteiger partial charge in [-0.15, -0.1) is 0 Å². The van der Waals surface area contributed by atoms with Crippen molar-refractivity contribution in [2.75, 3.05) is 18.0 Å². The highest BCUT2D eigenvalue weighted by Gasteiger charge is 2.47. The van der Waals surface area contributed by atoms with Crippen molar-refractivity contribution >= 4 is 34.4 Å². The Kier molecular flexibility index (Phi) is 5.92. The molecule has 3 amide bonds. The lowest BCUT2D eigenvalue weighted by Gasteiger charge is -2.40. The number of amides is 3. The van der Waals surface area contributed by atoms with Gasteiger partial charge in [0.05, 0.1) is 22.3 Å². The lowest BCUT2D eigenvalue weighted by molar-refractivity contribution is -0.122. The summed E-state index contributed by atoms with van der Waals surface area (Å²) < 4.78 is 0. The summed E-state index contributed by atoms with van der Waals surface area (Å²) in [5.41, 5.74) is 4.34. The molecule has 6 rings (SSSR count). The van der Waals surface area contributed by atoms with Gasteiger partial charge in [-0.2, -0.15) is 0 Å². The van der Waals surface area contributed by atoms with Crippen molar-refractivity contribution in [1.29, 1.82) is 0 Å². The van der Waals surface area contributed by atoms with Crippen LogP contribution in [0.3, 0.4) is 0 Å². The number of benzene rings is 3. The van der Waals surface area contributed by atoms with Crippen molar-refractivity contribution in [2.45, 2.75) is 31.8 Å². The Balaban J connectivity index is 1.07. The molecule has 1 atom stereocenters. The summed E-state index contributed by atoms with van der Waals surface area (Å²) in [6.07, 6.45) is 2.98. The van der Waals surface area contributed by atoms with Crippen LogP contribution in [0.15, 0.2) is 72.8 Å². The molecule has 0 aliphatic carbocycles. The largest absolute Gasteiger partial charge is 0.355 e. The molecule has 1 unspecified atom stereocenters. The van der Waals surface area contributed by atoms with E-state index < -0.39 is 6.17 Å². The Labute approximate surface area is 214 Å². The molecule has 186 valence electrons. The number of aromatic nitrogens is 2. The van der Waals surface area contributed by atoms with Crippen LogP contribution in [-0.4, -0.2) is 45.7 Å². The number of carbonyl (C=O) groups is 3. The van der Waals surface area contributed by atoms with Gasteiger partial charge in [-0.1, -0.05) is 48.9 Å². The molecule has 0 bridgehead atoms. The van der Waals surface area contributed by atoms with Gasteiger partial charge < -0.3 is 15.2 Å². The number of carbonyl (C=O) groups excluding carboxylic acids is 3. The first-order valence-corrected chi connectivity index (χ1v) is 12.6. The van der Waals surface area contributed by atoms with Crippen LogP contribution in [0.25, 0.3) is 11.0 Å². The summed E-state index contributed by atoms with van der Waals surface area (Å²) >= 11 is 0. The van der Waals surface area contributed by atoms with Crippen molar-refractivity contribution in [1.82, 2.24) is 20.2 Å². The molecule has 0 radical (unpaired) electrons. The van der Waals surface area contributed by atoms with Gasteiger partial charge in [0.25, 0.3) is 11.8 Å². The van der Waals surface area contributed by atoms with Crippen molar-refractivity contribution in [3.8, 4) is 0 Å². The lowest BCUT2D eigenvalue weighted by Crippen LogP contribution is -2.51. The maximum Gasteiger partial charge on any atom is 0.260 e. The van der Waals surface area contributed by atoms with Crippen LogP contribution >= 0.6 is 0 Å². The summed E-state index contributed by atoms with van der Waals surface area (Å²) in [5, 5.41) is 2.95. The van der Waals surface area contributed by atoms with Crippen LogP contribution in [0.1, 0.15) is 57.5 Å². The predicted octanol–water partition coefficient (Wildman–Crippen LogP) is 4.21. The average molecular weight is 494 g/mol. The number of para-hydroxylation sites is 3. The number of aryl methyl sites for hydroxylation is 1. The third-order valence-electron chi connectivity index (χ3n) is 7.05. The smallest absolute Gasteiger partial charge is 0.260 e. The minimum atomic E-state index is -0.624. The molecule has 37 heavy (non-hydrogen) atoms. The van der Waals surface area contributed by atoms with Gasteiger partial charge in [0.2, 0.25) is 5.91 Å². The number of imidazole rings is 1. The molecule has 2 aliphatic heterocycles. The Morgan fingerprint density at radius 3 is 2.49 bits per heavy atom. The average Bonchev–Trinajstić information content (AvgIpc) is 3.47. The Morgan fingerprint density at radius 2 is 1.62 bits per heavy atom. The van der Waals surface area contributed by atoms with Gasteiger partial charge in [-0.3, -0.25) is 19.3 Å². The Bertz CT molecular complexity index is 1480. The number of unbranched alkanes of at least 4 members (excludes halogenated alkanes) is 2. The third kappa shape index (κ3) is 4.14. The van der Waals surface area contributed by atoms with E-state index in [1.165, 1.54) is 4.90 Å². The fourth-order valence-electron chi connectivity index (χ4n) is 5.29. The fourth-order valence-corrected chi connectivity index (χ4v) is 5.29. The van der Waals surface area contributed by atoms with E-state index in [0.29, 0.717) is 23.4 Å². The Morgan fingerprint density at radius 1 is 0.865 bits per heavy atom. The summed E-state index contributed by atoms with van der Waals surface area (Å²) in [6, 6.07) is 22.4. The highest BCUT2D eigenvalue weighted by atomic mass is 16.2. The molecule has 3 aromatic carbocycles. The molecule has 2 aliphatic rings. The quantitative estimate of drug-likeness (QED) is 0.359. The predicted molar refractivity (Wildman–Crippen MR) is 140 cm³/mol. The molecule has 3 heterocycles. The van der Waals surface area contributed by atoms with E-state index >= 15 is 0 Å². The van der Waals surface area contributed by atoms with E-state index in [4.69, 9.17) is 0 Å². The standard InChI is InChI=1S/C29H27N5O3/c35-26(30-17-9-1-2-16-25-31-22-13-6-7-14-23(22)32-25)18-33-27-19-10-3-4-11-20(19)29(37)34(27)24-15-8-5-12-21(24)28(33)36/h3-8,10-15,27H,1-2,9,16-18H2,(H,30,35)(H,31,32). The maximum atomic E-state index is 13.4. The zero-order chi connectivity index (χ0) is 25.4. The van der Waals surface area contributed by atoms with Crippen LogP contribution in [0.2, 0.25) is 0 Å². The number of nitrogens with zero attached hydrogens (tertiary/aromatic N) is 3. The number of H-pyrrole nitrogens is 1. The first-order chi connectivity index (χ1) is 18.1. The maximum absolute atomic E-state index is 13.4. The third-order valence-corrected chi connectivity index (χ3v) is 7.05. The summed E-state index contributed by atoms with van der Waals surface area (Å²) in [6.45, 7) is 0.413. The fraction of sp³-hybridized carbons (Fsp3) is 0.241. The van der Waals surface area contributed by atoms with E-state index in [2.05, 4.69) is 15.3 Å². The topological polar surface area (TPSA) is 98.4 Å². The molecular formula is C29H27N5O3. The zero-order valence-corrected chi connectivity index (χ0v) is 20.3. The van der Waals surface area contributed by atoms with Gasteiger partial charge in [-0.25, -0.2) is 4.98 Å². The highest BCUT2D eigenvalue weighted by Crippen LogP contribution is 2.44. The van der Waals surface area contributed by atoms with Crippen LogP contribution in [0, 0.1) is 0 Å². The number of fused-ring (bicyclic) bond motifs is 6. The molecular weight excluding hydrogens is 466 g/mol. The molecule has 0 fully saturated rings.